The van der Waals surface area contributed by atoms with Crippen LogP contribution in [0.25, 0.3) is 11.0 Å². The van der Waals surface area contributed by atoms with Gasteiger partial charge in [-0.25, -0.2) is 4.63 Å². The van der Waals surface area contributed by atoms with Crippen molar-refractivity contribution in [1.29, 1.82) is 0 Å². The van der Waals surface area contributed by atoms with Gasteiger partial charge in [0.1, 0.15) is 12.2 Å². The summed E-state index contributed by atoms with van der Waals surface area (Å²) in [4.78, 5) is 50.5. The second kappa shape index (κ2) is 16.2. The number of furan rings is 1. The van der Waals surface area contributed by atoms with Crippen molar-refractivity contribution in [2.45, 2.75) is 150 Å². The predicted octanol–water partition coefficient (Wildman–Crippen LogP) is 10.1. The Hall–Kier alpha value is -4.55. The fourth-order valence-corrected chi connectivity index (χ4v) is 12.4. The van der Waals surface area contributed by atoms with E-state index < -0.39 is 16.4 Å². The fraction of sp³-hybridized carbons (Fsp3) is 0.667. The van der Waals surface area contributed by atoms with Crippen molar-refractivity contribution in [2.75, 3.05) is 11.9 Å². The zero-order valence-corrected chi connectivity index (χ0v) is 35.0. The maximum absolute atomic E-state index is 13.8. The minimum atomic E-state index is -0.504. The minimum Gasteiger partial charge on any atom is -0.472 e. The molecule has 3 saturated carbocycles. The Morgan fingerprint density at radius 3 is 2.29 bits per heavy atom. The Labute approximate surface area is 340 Å². The summed E-state index contributed by atoms with van der Waals surface area (Å²) in [6.07, 6.45) is 17.4. The van der Waals surface area contributed by atoms with E-state index in [0.717, 1.165) is 94.7 Å². The first-order chi connectivity index (χ1) is 27.6. The van der Waals surface area contributed by atoms with E-state index in [2.05, 4.69) is 50.2 Å². The summed E-state index contributed by atoms with van der Waals surface area (Å²) in [6.45, 7) is 13.5. The Morgan fingerprint density at radius 1 is 0.897 bits per heavy atom. The van der Waals surface area contributed by atoms with Crippen LogP contribution in [0.1, 0.15) is 143 Å². The molecular weight excluding hydrogens is 741 g/mol. The lowest BCUT2D eigenvalue weighted by molar-refractivity contribution is -0.383. The number of ether oxygens (including phenoxy) is 2. The van der Waals surface area contributed by atoms with Gasteiger partial charge in [-0.05, 0) is 96.3 Å². The average molecular weight is 801 g/mol. The van der Waals surface area contributed by atoms with Gasteiger partial charge in [0, 0.05) is 47.8 Å². The van der Waals surface area contributed by atoms with Crippen LogP contribution in [0, 0.1) is 43.6 Å². The normalized spacial score (nSPS) is 31.2. The number of nitro benzene ring substituents is 1. The predicted molar refractivity (Wildman–Crippen MR) is 217 cm³/mol. The molecule has 58 heavy (non-hydrogen) atoms. The summed E-state index contributed by atoms with van der Waals surface area (Å²) in [5.41, 5.74) is 1.76. The summed E-state index contributed by atoms with van der Waals surface area (Å²) in [7, 11) is 0. The molecule has 0 bridgehead atoms. The number of carbonyl (C=O) groups excluding carboxylic acids is 3. The molecule has 13 heteroatoms. The highest BCUT2D eigenvalue weighted by Crippen LogP contribution is 2.73. The zero-order valence-electron chi connectivity index (χ0n) is 35.0. The second-order valence-corrected chi connectivity index (χ2v) is 18.8. The van der Waals surface area contributed by atoms with Crippen molar-refractivity contribution in [2.24, 2.45) is 33.5 Å². The number of unbranched alkanes of at least 4 members (excludes halogenated alkanes) is 7. The molecule has 2 heterocycles. The number of non-ortho nitro benzene ring substituents is 1. The van der Waals surface area contributed by atoms with Gasteiger partial charge in [0.2, 0.25) is 5.52 Å². The molecule has 0 aliphatic heterocycles. The lowest BCUT2D eigenvalue weighted by Gasteiger charge is -2.68. The Balaban J connectivity index is 0.872. The van der Waals surface area contributed by atoms with Crippen LogP contribution in [0.3, 0.4) is 0 Å². The number of hydrogen-bond donors (Lipinski definition) is 1. The highest BCUT2D eigenvalue weighted by atomic mass is 16.6. The van der Waals surface area contributed by atoms with E-state index in [-0.39, 0.29) is 69.0 Å². The van der Waals surface area contributed by atoms with E-state index in [9.17, 15) is 24.5 Å². The number of carbonyl (C=O) groups is 3. The van der Waals surface area contributed by atoms with Gasteiger partial charge >= 0.3 is 17.6 Å². The fourth-order valence-electron chi connectivity index (χ4n) is 12.4. The van der Waals surface area contributed by atoms with Crippen LogP contribution in [0.5, 0.6) is 0 Å². The third kappa shape index (κ3) is 7.35. The number of rotatable bonds is 16. The molecule has 3 aromatic rings. The molecule has 1 N–H and O–H groups in total. The monoisotopic (exact) mass is 800 g/mol. The van der Waals surface area contributed by atoms with Crippen LogP contribution in [0.4, 0.5) is 11.4 Å². The number of benzene rings is 1. The van der Waals surface area contributed by atoms with Crippen molar-refractivity contribution >= 4 is 40.1 Å². The molecule has 0 amide bonds. The minimum absolute atomic E-state index is 0.0946. The molecule has 7 rings (SSSR count). The van der Waals surface area contributed by atoms with Crippen LogP contribution in [0.2, 0.25) is 0 Å². The van der Waals surface area contributed by atoms with Gasteiger partial charge in [0.05, 0.1) is 29.1 Å². The number of esters is 2. The zero-order chi connectivity index (χ0) is 41.5. The molecule has 3 fully saturated rings. The molecule has 0 saturated heterocycles. The first-order valence-electron chi connectivity index (χ1n) is 21.4. The third-order valence-corrected chi connectivity index (χ3v) is 15.1. The number of hydrogen-bond acceptors (Lipinski definition) is 12. The van der Waals surface area contributed by atoms with Gasteiger partial charge in [-0.3, -0.25) is 24.5 Å². The summed E-state index contributed by atoms with van der Waals surface area (Å²) < 4.78 is 22.8. The van der Waals surface area contributed by atoms with Gasteiger partial charge in [-0.1, -0.05) is 73.1 Å². The van der Waals surface area contributed by atoms with Gasteiger partial charge < -0.3 is 19.2 Å². The van der Waals surface area contributed by atoms with Crippen LogP contribution >= 0.6 is 0 Å². The van der Waals surface area contributed by atoms with E-state index >= 15 is 0 Å². The number of nitro groups is 1. The van der Waals surface area contributed by atoms with E-state index in [1.54, 1.807) is 18.6 Å². The van der Waals surface area contributed by atoms with Gasteiger partial charge in [-0.2, -0.15) is 0 Å². The number of allylic oxidation sites excluding steroid dienone is 1. The summed E-state index contributed by atoms with van der Waals surface area (Å²) in [5.74, 6) is -0.305. The van der Waals surface area contributed by atoms with E-state index in [1.165, 1.54) is 13.0 Å². The van der Waals surface area contributed by atoms with Gasteiger partial charge in [-0.15, -0.1) is 0 Å². The third-order valence-electron chi connectivity index (χ3n) is 15.1. The molecule has 1 aromatic carbocycles. The van der Waals surface area contributed by atoms with Crippen LogP contribution in [0.15, 0.2) is 51.4 Å². The molecule has 0 spiro atoms. The van der Waals surface area contributed by atoms with Crippen LogP contribution < -0.4 is 5.32 Å². The number of anilines is 1. The van der Waals surface area contributed by atoms with Gasteiger partial charge in [0.25, 0.3) is 0 Å². The van der Waals surface area contributed by atoms with Crippen LogP contribution in [-0.4, -0.2) is 51.7 Å². The van der Waals surface area contributed by atoms with Crippen molar-refractivity contribution in [1.82, 2.24) is 10.3 Å². The summed E-state index contributed by atoms with van der Waals surface area (Å²) >= 11 is 0. The average Bonchev–Trinajstić information content (AvgIpc) is 3.93. The molecule has 8 atom stereocenters. The highest BCUT2D eigenvalue weighted by molar-refractivity contribution is 6.00. The number of nitrogens with zero attached hydrogens (tertiary/aromatic N) is 3. The van der Waals surface area contributed by atoms with Crippen molar-refractivity contribution < 1.29 is 37.8 Å². The Bertz CT molecular complexity index is 2040. The quantitative estimate of drug-likeness (QED) is 0.0629. The van der Waals surface area contributed by atoms with E-state index in [4.69, 9.17) is 18.5 Å². The molecule has 2 aromatic heterocycles. The number of fused-ring (bicyclic) bond motifs is 6. The Kier molecular flexibility index (Phi) is 11.7. The molecule has 4 aliphatic carbocycles. The van der Waals surface area contributed by atoms with Crippen LogP contribution in [-0.2, 0) is 23.9 Å². The van der Waals surface area contributed by atoms with E-state index in [0.29, 0.717) is 24.0 Å². The smallest absolute Gasteiger partial charge is 0.306 e. The number of ketones is 1. The molecule has 0 radical (unpaired) electrons. The summed E-state index contributed by atoms with van der Waals surface area (Å²) in [5, 5.41) is 22.0. The standard InChI is InChI=1S/C45H60N4O9/c1-28(50)56-37-26-34-42(2,3)36(19-22-43(34,4)33-18-21-44(5)35(45(33,37)6)25-32(51)39(44)29-20-24-55-27-29)57-38(52)15-13-11-9-7-8-10-12-14-23-46-30-16-17-31(49(53)54)41-40(30)47-58-48-41/h16-17,20,24-25,27,33-34,36-37,39,46H,7-15,18-19,21-23,26H2,1-6H3/t33-,34+,36+,37-,39-,43-,44-,45-/m1/s1. The van der Waals surface area contributed by atoms with Crippen molar-refractivity contribution in [3.8, 4) is 0 Å². The lowest BCUT2D eigenvalue weighted by atomic mass is 9.37. The topological polar surface area (TPSA) is 177 Å². The largest absolute Gasteiger partial charge is 0.472 e. The molecule has 0 unspecified atom stereocenters. The van der Waals surface area contributed by atoms with E-state index in [1.807, 2.05) is 12.1 Å². The first kappa shape index (κ1) is 41.6. The molecular formula is C45H60N4O9. The number of nitrogens with one attached hydrogen (secondary N) is 1. The maximum atomic E-state index is 13.8. The first-order valence-corrected chi connectivity index (χ1v) is 21.4. The Morgan fingerprint density at radius 2 is 1.60 bits per heavy atom. The number of aromatic nitrogens is 2. The van der Waals surface area contributed by atoms with Crippen molar-refractivity contribution in [3.05, 3.63) is 58.1 Å². The van der Waals surface area contributed by atoms with Gasteiger partial charge in [0.15, 0.2) is 11.3 Å². The summed E-state index contributed by atoms with van der Waals surface area (Å²) in [6, 6.07) is 4.96. The SMILES string of the molecule is CC(=O)O[C@@H]1C[C@H]2C(C)(C)[C@@H](OC(=O)CCCCCCCCCCNc3ccc([N+](=O)[O-])c4nonc34)CC[C@]2(C)[C@H]2CC[C@]3(C)C(=CC(=O)[C@H]3c3ccoc3)[C@@]21C. The molecule has 314 valence electrons. The molecule has 13 nitrogen and oxygen atoms in total. The molecule has 4 aliphatic rings. The highest BCUT2D eigenvalue weighted by Gasteiger charge is 2.70. The lowest BCUT2D eigenvalue weighted by Crippen LogP contribution is -2.66. The maximum Gasteiger partial charge on any atom is 0.306 e. The second-order valence-electron chi connectivity index (χ2n) is 18.8. The van der Waals surface area contributed by atoms with Crippen molar-refractivity contribution in [3.63, 3.8) is 0 Å².